The van der Waals surface area contributed by atoms with E-state index in [0.717, 1.165) is 13.1 Å². The molecule has 2 atom stereocenters. The highest BCUT2D eigenvalue weighted by Crippen LogP contribution is 2.35. The number of ether oxygens (including phenoxy) is 1. The Hall–Kier alpha value is -2.49. The van der Waals surface area contributed by atoms with Gasteiger partial charge in [-0.15, -0.1) is 0 Å². The van der Waals surface area contributed by atoms with E-state index in [1.54, 1.807) is 10.6 Å². The molecule has 2 unspecified atom stereocenters. The van der Waals surface area contributed by atoms with Crippen molar-refractivity contribution >= 4 is 27.9 Å². The van der Waals surface area contributed by atoms with E-state index in [4.69, 9.17) is 4.74 Å². The smallest absolute Gasteiger partial charge is 0.373 e. The number of benzene rings is 1. The first-order valence-electron chi connectivity index (χ1n) is 8.95. The van der Waals surface area contributed by atoms with Gasteiger partial charge >= 0.3 is 5.82 Å². The van der Waals surface area contributed by atoms with Crippen LogP contribution in [0.15, 0.2) is 41.9 Å². The lowest BCUT2D eigenvalue weighted by Gasteiger charge is -2.36. The maximum atomic E-state index is 11.7. The molecular weight excluding hydrogens is 366 g/mol. The Morgan fingerprint density at radius 2 is 2.15 bits per heavy atom. The molecule has 27 heavy (non-hydrogen) atoms. The van der Waals surface area contributed by atoms with Gasteiger partial charge in [-0.25, -0.2) is 0 Å². The van der Waals surface area contributed by atoms with E-state index in [1.807, 2.05) is 16.3 Å². The molecular formula is C18H19N5O3S. The van der Waals surface area contributed by atoms with Gasteiger partial charge in [0.05, 0.1) is 18.8 Å². The number of rotatable bonds is 4. The van der Waals surface area contributed by atoms with Crippen LogP contribution in [0.3, 0.4) is 0 Å². The van der Waals surface area contributed by atoms with Gasteiger partial charge < -0.3 is 19.8 Å². The highest BCUT2D eigenvalue weighted by atomic mass is 32.1. The maximum Gasteiger partial charge on any atom is 0.373 e. The van der Waals surface area contributed by atoms with Crippen LogP contribution >= 0.6 is 11.3 Å². The first kappa shape index (κ1) is 16.7. The summed E-state index contributed by atoms with van der Waals surface area (Å²) in [5, 5.41) is 13.5. The lowest BCUT2D eigenvalue weighted by atomic mass is 10.1. The van der Waals surface area contributed by atoms with E-state index in [2.05, 4.69) is 34.1 Å². The molecule has 2 saturated heterocycles. The first-order chi connectivity index (χ1) is 13.2. The SMILES string of the molecule is O=[N+]([O-])c1c(N2CC3OCCN(Cc4ccccc4)C3C2)nc2sccn12. The second kappa shape index (κ2) is 6.59. The minimum absolute atomic E-state index is 0.0412. The van der Waals surface area contributed by atoms with Crippen LogP contribution in [0.4, 0.5) is 11.6 Å². The molecule has 0 bridgehead atoms. The number of imidazole rings is 1. The Morgan fingerprint density at radius 1 is 1.30 bits per heavy atom. The van der Waals surface area contributed by atoms with Gasteiger partial charge in [0, 0.05) is 31.6 Å². The molecule has 3 aromatic rings. The summed E-state index contributed by atoms with van der Waals surface area (Å²) in [7, 11) is 0. The molecule has 2 aliphatic heterocycles. The van der Waals surface area contributed by atoms with Crippen molar-refractivity contribution in [2.24, 2.45) is 0 Å². The minimum atomic E-state index is -0.341. The summed E-state index contributed by atoms with van der Waals surface area (Å²) in [6.07, 6.45) is 1.75. The minimum Gasteiger partial charge on any atom is -0.373 e. The number of anilines is 1. The molecule has 4 heterocycles. The summed E-state index contributed by atoms with van der Waals surface area (Å²) in [4.78, 5) is 20.9. The van der Waals surface area contributed by atoms with Crippen LogP contribution in [-0.4, -0.2) is 57.6 Å². The first-order valence-corrected chi connectivity index (χ1v) is 9.83. The lowest BCUT2D eigenvalue weighted by Crippen LogP contribution is -2.50. The van der Waals surface area contributed by atoms with Crippen molar-refractivity contribution in [3.05, 3.63) is 57.6 Å². The van der Waals surface area contributed by atoms with Gasteiger partial charge in [0.15, 0.2) is 0 Å². The van der Waals surface area contributed by atoms with Gasteiger partial charge in [-0.3, -0.25) is 4.90 Å². The van der Waals surface area contributed by atoms with Crippen LogP contribution in [0.25, 0.3) is 4.96 Å². The van der Waals surface area contributed by atoms with Crippen LogP contribution in [0, 0.1) is 10.1 Å². The van der Waals surface area contributed by atoms with Crippen molar-refractivity contribution in [2.75, 3.05) is 31.1 Å². The summed E-state index contributed by atoms with van der Waals surface area (Å²) >= 11 is 1.41. The molecule has 1 aromatic carbocycles. The average Bonchev–Trinajstić information content (AvgIpc) is 3.36. The zero-order chi connectivity index (χ0) is 18.4. The predicted molar refractivity (Wildman–Crippen MR) is 102 cm³/mol. The Balaban J connectivity index is 1.42. The molecule has 2 aliphatic rings. The fourth-order valence-corrected chi connectivity index (χ4v) is 4.79. The van der Waals surface area contributed by atoms with Gasteiger partial charge in [0.2, 0.25) is 5.82 Å². The fourth-order valence-electron chi connectivity index (χ4n) is 4.09. The zero-order valence-corrected chi connectivity index (χ0v) is 15.4. The van der Waals surface area contributed by atoms with Gasteiger partial charge in [0.25, 0.3) is 4.96 Å². The summed E-state index contributed by atoms with van der Waals surface area (Å²) in [6.45, 7) is 3.72. The van der Waals surface area contributed by atoms with Crippen molar-refractivity contribution < 1.29 is 9.66 Å². The number of thiazole rings is 1. The molecule has 5 rings (SSSR count). The average molecular weight is 385 g/mol. The van der Waals surface area contributed by atoms with Crippen molar-refractivity contribution in [2.45, 2.75) is 18.7 Å². The maximum absolute atomic E-state index is 11.7. The van der Waals surface area contributed by atoms with Crippen LogP contribution in [0.5, 0.6) is 0 Å². The van der Waals surface area contributed by atoms with Gasteiger partial charge in [-0.2, -0.15) is 9.38 Å². The number of hydrogen-bond acceptors (Lipinski definition) is 7. The molecule has 140 valence electrons. The van der Waals surface area contributed by atoms with Crippen molar-refractivity contribution in [3.63, 3.8) is 0 Å². The topological polar surface area (TPSA) is 76.2 Å². The highest BCUT2D eigenvalue weighted by molar-refractivity contribution is 7.15. The van der Waals surface area contributed by atoms with Crippen molar-refractivity contribution in [1.82, 2.24) is 14.3 Å². The fraction of sp³-hybridized carbons (Fsp3) is 0.389. The second-order valence-corrected chi connectivity index (χ2v) is 7.78. The zero-order valence-electron chi connectivity index (χ0n) is 14.6. The lowest BCUT2D eigenvalue weighted by molar-refractivity contribution is -0.389. The number of fused-ring (bicyclic) bond motifs is 2. The molecule has 0 aliphatic carbocycles. The summed E-state index contributed by atoms with van der Waals surface area (Å²) < 4.78 is 7.55. The van der Waals surface area contributed by atoms with Gasteiger partial charge in [0.1, 0.15) is 6.20 Å². The number of nitrogens with zero attached hydrogens (tertiary/aromatic N) is 5. The van der Waals surface area contributed by atoms with Crippen LogP contribution in [-0.2, 0) is 11.3 Å². The highest BCUT2D eigenvalue weighted by Gasteiger charge is 2.43. The summed E-state index contributed by atoms with van der Waals surface area (Å²) in [5.41, 5.74) is 1.27. The monoisotopic (exact) mass is 385 g/mol. The van der Waals surface area contributed by atoms with Gasteiger partial charge in [-0.05, 0) is 10.5 Å². The van der Waals surface area contributed by atoms with Crippen molar-refractivity contribution in [3.8, 4) is 0 Å². The largest absolute Gasteiger partial charge is 0.373 e. The summed E-state index contributed by atoms with van der Waals surface area (Å²) in [6, 6.07) is 10.6. The molecule has 0 N–H and O–H groups in total. The molecule has 0 spiro atoms. The molecule has 0 radical (unpaired) electrons. The van der Waals surface area contributed by atoms with E-state index in [-0.39, 0.29) is 22.9 Å². The van der Waals surface area contributed by atoms with Crippen molar-refractivity contribution in [1.29, 1.82) is 0 Å². The summed E-state index contributed by atoms with van der Waals surface area (Å²) in [5.74, 6) is 0.490. The van der Waals surface area contributed by atoms with E-state index < -0.39 is 0 Å². The normalized spacial score (nSPS) is 23.0. The third kappa shape index (κ3) is 2.88. The molecule has 8 nitrogen and oxygen atoms in total. The predicted octanol–water partition coefficient (Wildman–Crippen LogP) is 2.39. The van der Waals surface area contributed by atoms with Gasteiger partial charge in [-0.1, -0.05) is 41.7 Å². The van der Waals surface area contributed by atoms with E-state index >= 15 is 0 Å². The molecule has 0 amide bonds. The number of hydrogen-bond donors (Lipinski definition) is 0. The third-order valence-electron chi connectivity index (χ3n) is 5.34. The van der Waals surface area contributed by atoms with Crippen LogP contribution < -0.4 is 4.90 Å². The number of nitro groups is 1. The Morgan fingerprint density at radius 3 is 2.96 bits per heavy atom. The molecule has 2 aromatic heterocycles. The Bertz CT molecular complexity index is 972. The van der Waals surface area contributed by atoms with Crippen LogP contribution in [0.1, 0.15) is 5.56 Å². The third-order valence-corrected chi connectivity index (χ3v) is 6.09. The quantitative estimate of drug-likeness (QED) is 0.507. The number of aromatic nitrogens is 2. The van der Waals surface area contributed by atoms with E-state index in [0.29, 0.717) is 30.5 Å². The Kier molecular flexibility index (Phi) is 4.07. The Labute approximate surface area is 159 Å². The molecule has 9 heteroatoms. The second-order valence-electron chi connectivity index (χ2n) is 6.91. The molecule has 2 fully saturated rings. The standard InChI is InChI=1S/C18H19N5O3S/c24-23(25)17-16(19-18-22(17)7-9-27-18)21-11-14-15(12-21)26-8-6-20(14)10-13-4-2-1-3-5-13/h1-5,7,9,14-15H,6,8,10-12H2. The molecule has 0 saturated carbocycles. The van der Waals surface area contributed by atoms with Crippen LogP contribution in [0.2, 0.25) is 0 Å². The van der Waals surface area contributed by atoms with E-state index in [9.17, 15) is 10.1 Å². The van der Waals surface area contributed by atoms with E-state index in [1.165, 1.54) is 16.9 Å². The number of morpholine rings is 1.